The third kappa shape index (κ3) is 4.82. The minimum Gasteiger partial charge on any atom is -0.474 e. The highest BCUT2D eigenvalue weighted by Crippen LogP contribution is 2.36. The van der Waals surface area contributed by atoms with Crippen LogP contribution in [0.3, 0.4) is 0 Å². The van der Waals surface area contributed by atoms with Crippen molar-refractivity contribution in [3.8, 4) is 5.88 Å². The van der Waals surface area contributed by atoms with E-state index in [1.807, 2.05) is 12.4 Å². The van der Waals surface area contributed by atoms with Gasteiger partial charge >= 0.3 is 0 Å². The number of methoxy groups -OCH3 is 1. The van der Waals surface area contributed by atoms with Crippen LogP contribution in [0.5, 0.6) is 5.88 Å². The van der Waals surface area contributed by atoms with Crippen molar-refractivity contribution < 1.29 is 14.2 Å². The highest BCUT2D eigenvalue weighted by molar-refractivity contribution is 5.86. The van der Waals surface area contributed by atoms with Crippen molar-refractivity contribution in [1.82, 2.24) is 19.9 Å². The summed E-state index contributed by atoms with van der Waals surface area (Å²) in [5.41, 5.74) is 2.07. The maximum atomic E-state index is 6.27. The molecule has 0 bridgehead atoms. The predicted octanol–water partition coefficient (Wildman–Crippen LogP) is 3.19. The zero-order valence-electron chi connectivity index (χ0n) is 18.3. The van der Waals surface area contributed by atoms with Gasteiger partial charge in [0.15, 0.2) is 0 Å². The van der Waals surface area contributed by atoms with Crippen LogP contribution >= 0.6 is 0 Å². The van der Waals surface area contributed by atoms with E-state index in [0.29, 0.717) is 24.5 Å². The number of rotatable bonds is 7. The van der Waals surface area contributed by atoms with Gasteiger partial charge in [0.2, 0.25) is 11.8 Å². The van der Waals surface area contributed by atoms with Gasteiger partial charge in [-0.3, -0.25) is 4.90 Å². The largest absolute Gasteiger partial charge is 0.474 e. The standard InChI is InChI=1S/C22H33N5O3/c1-15(14-28-3)25-22-24-13-18-20(26-22)17(19-6-4-5-9-27(19)2)12-23-21(18)30-16-7-10-29-11-8-16/h12-13,15-16,19H,4-11,14H2,1-3H3,(H,24,25,26)/t15-,19?/m0/s1. The summed E-state index contributed by atoms with van der Waals surface area (Å²) < 4.78 is 17.0. The molecule has 1 N–H and O–H groups in total. The molecule has 8 heteroatoms. The predicted molar refractivity (Wildman–Crippen MR) is 116 cm³/mol. The van der Waals surface area contributed by atoms with Gasteiger partial charge in [-0.25, -0.2) is 15.0 Å². The van der Waals surface area contributed by atoms with Gasteiger partial charge in [0.05, 0.1) is 30.7 Å². The summed E-state index contributed by atoms with van der Waals surface area (Å²) >= 11 is 0. The third-order valence-corrected chi connectivity index (χ3v) is 5.98. The van der Waals surface area contributed by atoms with Gasteiger partial charge in [0, 0.05) is 50.0 Å². The second-order valence-electron chi connectivity index (χ2n) is 8.40. The lowest BCUT2D eigenvalue weighted by Gasteiger charge is -2.33. The number of nitrogens with one attached hydrogen (secondary N) is 1. The van der Waals surface area contributed by atoms with E-state index in [4.69, 9.17) is 24.2 Å². The molecular formula is C22H33N5O3. The first kappa shape index (κ1) is 21.2. The molecule has 4 rings (SSSR count). The Morgan fingerprint density at radius 1 is 1.20 bits per heavy atom. The number of hydrogen-bond donors (Lipinski definition) is 1. The van der Waals surface area contributed by atoms with Crippen molar-refractivity contribution in [3.05, 3.63) is 18.0 Å². The molecule has 2 aliphatic heterocycles. The fourth-order valence-corrected chi connectivity index (χ4v) is 4.36. The number of likely N-dealkylation sites (tertiary alicyclic amines) is 1. The number of nitrogens with zero attached hydrogens (tertiary/aromatic N) is 4. The molecule has 2 saturated heterocycles. The second kappa shape index (κ2) is 9.85. The first-order chi connectivity index (χ1) is 14.7. The third-order valence-electron chi connectivity index (χ3n) is 5.98. The SMILES string of the molecule is COC[C@H](C)Nc1ncc2c(OC3CCOCC3)ncc(C3CCCCN3C)c2n1. The summed E-state index contributed by atoms with van der Waals surface area (Å²) in [5, 5.41) is 4.22. The Kier molecular flexibility index (Phi) is 6.97. The van der Waals surface area contributed by atoms with E-state index in [2.05, 4.69) is 29.2 Å². The summed E-state index contributed by atoms with van der Waals surface area (Å²) in [5.74, 6) is 1.23. The van der Waals surface area contributed by atoms with E-state index < -0.39 is 0 Å². The van der Waals surface area contributed by atoms with Crippen LogP contribution in [-0.2, 0) is 9.47 Å². The van der Waals surface area contributed by atoms with Crippen LogP contribution in [0.15, 0.2) is 12.4 Å². The number of fused-ring (bicyclic) bond motifs is 1. The van der Waals surface area contributed by atoms with Crippen LogP contribution < -0.4 is 10.1 Å². The lowest BCUT2D eigenvalue weighted by molar-refractivity contribution is 0.0244. The molecular weight excluding hydrogens is 382 g/mol. The summed E-state index contributed by atoms with van der Waals surface area (Å²) in [7, 11) is 3.88. The van der Waals surface area contributed by atoms with Crippen LogP contribution in [0.25, 0.3) is 10.9 Å². The Morgan fingerprint density at radius 3 is 2.80 bits per heavy atom. The van der Waals surface area contributed by atoms with Crippen molar-refractivity contribution in [1.29, 1.82) is 0 Å². The molecule has 0 amide bonds. The Labute approximate surface area is 178 Å². The summed E-state index contributed by atoms with van der Waals surface area (Å²) in [6.07, 6.45) is 9.25. The normalized spacial score (nSPS) is 22.2. The molecule has 4 heterocycles. The molecule has 2 aromatic rings. The van der Waals surface area contributed by atoms with E-state index >= 15 is 0 Å². The lowest BCUT2D eigenvalue weighted by Crippen LogP contribution is -2.30. The van der Waals surface area contributed by atoms with E-state index in [1.165, 1.54) is 12.8 Å². The van der Waals surface area contributed by atoms with Gasteiger partial charge in [-0.05, 0) is 33.4 Å². The van der Waals surface area contributed by atoms with Gasteiger partial charge in [-0.15, -0.1) is 0 Å². The highest BCUT2D eigenvalue weighted by atomic mass is 16.5. The number of aromatic nitrogens is 3. The Bertz CT molecular complexity index is 843. The van der Waals surface area contributed by atoms with Crippen LogP contribution in [0.2, 0.25) is 0 Å². The van der Waals surface area contributed by atoms with Crippen molar-refractivity contribution in [2.45, 2.75) is 57.2 Å². The topological polar surface area (TPSA) is 81.6 Å². The first-order valence-corrected chi connectivity index (χ1v) is 11.0. The lowest BCUT2D eigenvalue weighted by atomic mass is 9.95. The zero-order valence-corrected chi connectivity index (χ0v) is 18.3. The summed E-state index contributed by atoms with van der Waals surface area (Å²) in [6.45, 7) is 5.20. The van der Waals surface area contributed by atoms with Gasteiger partial charge < -0.3 is 19.5 Å². The van der Waals surface area contributed by atoms with Gasteiger partial charge in [0.25, 0.3) is 0 Å². The quantitative estimate of drug-likeness (QED) is 0.738. The number of anilines is 1. The minimum atomic E-state index is 0.119. The fourth-order valence-electron chi connectivity index (χ4n) is 4.36. The number of pyridine rings is 1. The smallest absolute Gasteiger partial charge is 0.224 e. The summed E-state index contributed by atoms with van der Waals surface area (Å²) in [4.78, 5) is 16.6. The van der Waals surface area contributed by atoms with Crippen molar-refractivity contribution in [2.24, 2.45) is 0 Å². The van der Waals surface area contributed by atoms with Crippen LogP contribution in [0.1, 0.15) is 50.6 Å². The van der Waals surface area contributed by atoms with E-state index in [0.717, 1.165) is 55.5 Å². The van der Waals surface area contributed by atoms with Crippen LogP contribution in [0.4, 0.5) is 5.95 Å². The molecule has 1 unspecified atom stereocenters. The number of ether oxygens (including phenoxy) is 3. The molecule has 2 aromatic heterocycles. The molecule has 0 aromatic carbocycles. The fraction of sp³-hybridized carbons (Fsp3) is 0.682. The number of hydrogen-bond acceptors (Lipinski definition) is 8. The molecule has 0 aliphatic carbocycles. The molecule has 30 heavy (non-hydrogen) atoms. The molecule has 8 nitrogen and oxygen atoms in total. The highest BCUT2D eigenvalue weighted by Gasteiger charge is 2.26. The molecule has 2 fully saturated rings. The van der Waals surface area contributed by atoms with Crippen molar-refractivity contribution in [3.63, 3.8) is 0 Å². The van der Waals surface area contributed by atoms with Gasteiger partial charge in [-0.2, -0.15) is 0 Å². The van der Waals surface area contributed by atoms with Gasteiger partial charge in [-0.1, -0.05) is 6.42 Å². The molecule has 0 spiro atoms. The molecule has 2 atom stereocenters. The number of piperidine rings is 1. The first-order valence-electron chi connectivity index (χ1n) is 11.0. The second-order valence-corrected chi connectivity index (χ2v) is 8.40. The Hall–Kier alpha value is -2.03. The van der Waals surface area contributed by atoms with Crippen molar-refractivity contribution in [2.75, 3.05) is 45.8 Å². The monoisotopic (exact) mass is 415 g/mol. The van der Waals surface area contributed by atoms with Gasteiger partial charge in [0.1, 0.15) is 6.10 Å². The maximum absolute atomic E-state index is 6.27. The summed E-state index contributed by atoms with van der Waals surface area (Å²) in [6, 6.07) is 0.429. The Morgan fingerprint density at radius 2 is 2.03 bits per heavy atom. The molecule has 164 valence electrons. The van der Waals surface area contributed by atoms with E-state index in [-0.39, 0.29) is 12.1 Å². The van der Waals surface area contributed by atoms with Crippen LogP contribution in [-0.4, -0.2) is 72.5 Å². The average Bonchev–Trinajstić information content (AvgIpc) is 2.75. The maximum Gasteiger partial charge on any atom is 0.224 e. The van der Waals surface area contributed by atoms with E-state index in [1.54, 1.807) is 7.11 Å². The zero-order chi connectivity index (χ0) is 20.9. The van der Waals surface area contributed by atoms with Crippen LogP contribution in [0, 0.1) is 0 Å². The average molecular weight is 416 g/mol. The minimum absolute atomic E-state index is 0.119. The molecule has 0 saturated carbocycles. The van der Waals surface area contributed by atoms with E-state index in [9.17, 15) is 0 Å². The molecule has 2 aliphatic rings. The molecule has 0 radical (unpaired) electrons. The van der Waals surface area contributed by atoms with Crippen molar-refractivity contribution >= 4 is 16.9 Å². The Balaban J connectivity index is 1.70.